The van der Waals surface area contributed by atoms with Crippen molar-refractivity contribution in [2.45, 2.75) is 38.7 Å². The minimum atomic E-state index is -5.02. The number of nitrogens with zero attached hydrogens (tertiary/aromatic N) is 4. The van der Waals surface area contributed by atoms with Gasteiger partial charge in [0.2, 0.25) is 5.13 Å². The summed E-state index contributed by atoms with van der Waals surface area (Å²) >= 11 is 1.21. The van der Waals surface area contributed by atoms with Crippen LogP contribution in [-0.2, 0) is 18.8 Å². The molecule has 192 valence electrons. The van der Waals surface area contributed by atoms with Crippen LogP contribution in [0.1, 0.15) is 45.4 Å². The van der Waals surface area contributed by atoms with E-state index in [1.54, 1.807) is 6.92 Å². The molecule has 1 atom stereocenters. The maximum absolute atomic E-state index is 13.2. The van der Waals surface area contributed by atoms with Gasteiger partial charge in [0.05, 0.1) is 11.1 Å². The van der Waals surface area contributed by atoms with E-state index in [-0.39, 0.29) is 12.6 Å². The largest absolute Gasteiger partial charge is 0.416 e. The molecule has 0 radical (unpaired) electrons. The summed E-state index contributed by atoms with van der Waals surface area (Å²) in [4.78, 5) is 20.8. The van der Waals surface area contributed by atoms with Gasteiger partial charge in [-0.25, -0.2) is 4.98 Å². The lowest BCUT2D eigenvalue weighted by molar-refractivity contribution is -0.143. The van der Waals surface area contributed by atoms with Crippen LogP contribution in [0, 0.1) is 6.92 Å². The number of carbonyl (C=O) groups is 1. The molecule has 0 bridgehead atoms. The van der Waals surface area contributed by atoms with Crippen LogP contribution < -0.4 is 4.90 Å². The number of aromatic nitrogens is 2. The molecule has 1 unspecified atom stereocenters. The SMILES string of the molecule is Cc1ccc(Cc2nsc(N3CCN(C(=O)c4cc(C(F)(F)F)cc(C(F)(F)F)c4)C(C)C3)n2)cc1. The van der Waals surface area contributed by atoms with Gasteiger partial charge in [0.1, 0.15) is 5.82 Å². The Bertz CT molecular complexity index is 1210. The second-order valence-electron chi connectivity index (χ2n) is 8.74. The van der Waals surface area contributed by atoms with Gasteiger partial charge in [-0.2, -0.15) is 30.7 Å². The summed E-state index contributed by atoms with van der Waals surface area (Å²) in [5, 5.41) is 0.648. The van der Waals surface area contributed by atoms with Gasteiger partial charge in [-0.1, -0.05) is 29.8 Å². The van der Waals surface area contributed by atoms with Gasteiger partial charge in [-0.15, -0.1) is 0 Å². The minimum absolute atomic E-state index is 0.0157. The van der Waals surface area contributed by atoms with Crippen molar-refractivity contribution in [1.82, 2.24) is 14.3 Å². The van der Waals surface area contributed by atoms with E-state index in [4.69, 9.17) is 0 Å². The molecule has 0 spiro atoms. The van der Waals surface area contributed by atoms with Crippen molar-refractivity contribution >= 4 is 22.6 Å². The molecule has 1 amide bonds. The Labute approximate surface area is 207 Å². The lowest BCUT2D eigenvalue weighted by Crippen LogP contribution is -2.54. The maximum atomic E-state index is 13.2. The third-order valence-electron chi connectivity index (χ3n) is 5.93. The zero-order valence-electron chi connectivity index (χ0n) is 19.3. The first-order valence-electron chi connectivity index (χ1n) is 11.0. The number of benzene rings is 2. The van der Waals surface area contributed by atoms with Gasteiger partial charge >= 0.3 is 12.4 Å². The molecule has 0 aliphatic carbocycles. The summed E-state index contributed by atoms with van der Waals surface area (Å²) in [5.41, 5.74) is -1.46. The van der Waals surface area contributed by atoms with Crippen LogP contribution in [0.5, 0.6) is 0 Å². The fourth-order valence-electron chi connectivity index (χ4n) is 4.01. The van der Waals surface area contributed by atoms with E-state index in [9.17, 15) is 31.1 Å². The molecule has 4 rings (SSSR count). The number of amides is 1. The number of anilines is 1. The molecule has 2 heterocycles. The number of aryl methyl sites for hydroxylation is 1. The Balaban J connectivity index is 1.48. The molecule has 36 heavy (non-hydrogen) atoms. The summed E-state index contributed by atoms with van der Waals surface area (Å²) in [5.74, 6) is -0.232. The number of hydrogen-bond acceptors (Lipinski definition) is 5. The number of carbonyl (C=O) groups excluding carboxylic acids is 1. The Morgan fingerprint density at radius 3 is 2.17 bits per heavy atom. The highest BCUT2D eigenvalue weighted by atomic mass is 32.1. The van der Waals surface area contributed by atoms with Crippen LogP contribution in [-0.4, -0.2) is 45.8 Å². The Hall–Kier alpha value is -3.15. The van der Waals surface area contributed by atoms with Crippen LogP contribution in [0.25, 0.3) is 0 Å². The van der Waals surface area contributed by atoms with E-state index in [0.717, 1.165) is 11.1 Å². The average Bonchev–Trinajstić information content (AvgIpc) is 3.27. The van der Waals surface area contributed by atoms with Gasteiger partial charge in [0, 0.05) is 49.2 Å². The lowest BCUT2D eigenvalue weighted by Gasteiger charge is -2.39. The van der Waals surface area contributed by atoms with E-state index in [2.05, 4.69) is 9.36 Å². The molecular weight excluding hydrogens is 506 g/mol. The van der Waals surface area contributed by atoms with E-state index in [1.165, 1.54) is 16.4 Å². The molecule has 1 fully saturated rings. The zero-order valence-corrected chi connectivity index (χ0v) is 20.1. The van der Waals surface area contributed by atoms with Gasteiger partial charge in [-0.3, -0.25) is 4.79 Å². The monoisotopic (exact) mass is 528 g/mol. The van der Waals surface area contributed by atoms with Crippen LogP contribution in [0.4, 0.5) is 31.5 Å². The molecule has 12 heteroatoms. The van der Waals surface area contributed by atoms with Gasteiger partial charge in [0.25, 0.3) is 5.91 Å². The minimum Gasteiger partial charge on any atom is -0.343 e. The van der Waals surface area contributed by atoms with Crippen LogP contribution in [0.15, 0.2) is 42.5 Å². The van der Waals surface area contributed by atoms with Crippen molar-refractivity contribution in [3.63, 3.8) is 0 Å². The third kappa shape index (κ3) is 5.80. The quantitative estimate of drug-likeness (QED) is 0.400. The predicted molar refractivity (Wildman–Crippen MR) is 123 cm³/mol. The van der Waals surface area contributed by atoms with E-state index in [1.807, 2.05) is 36.1 Å². The first-order chi connectivity index (χ1) is 16.8. The van der Waals surface area contributed by atoms with Crippen LogP contribution >= 0.6 is 11.5 Å². The highest BCUT2D eigenvalue weighted by molar-refractivity contribution is 7.09. The van der Waals surface area contributed by atoms with Crippen LogP contribution in [0.3, 0.4) is 0 Å². The summed E-state index contributed by atoms with van der Waals surface area (Å²) in [7, 11) is 0. The normalized spacial score (nSPS) is 16.9. The second kappa shape index (κ2) is 9.72. The standard InChI is InChI=1S/C24H22F6N4OS/c1-14-3-5-16(6-4-14)9-20-31-22(36-32-20)33-7-8-34(15(2)13-33)21(35)17-10-18(23(25,26)27)12-19(11-17)24(28,29)30/h3-6,10-12,15H,7-9,13H2,1-2H3. The first kappa shape index (κ1) is 25.9. The van der Waals surface area contributed by atoms with Crippen molar-refractivity contribution in [2.75, 3.05) is 24.5 Å². The average molecular weight is 529 g/mol. The number of hydrogen-bond donors (Lipinski definition) is 0. The van der Waals surface area contributed by atoms with Crippen molar-refractivity contribution in [3.05, 3.63) is 76.1 Å². The molecule has 2 aromatic carbocycles. The summed E-state index contributed by atoms with van der Waals surface area (Å²) < 4.78 is 83.6. The van der Waals surface area contributed by atoms with Crippen LogP contribution in [0.2, 0.25) is 0 Å². The fraction of sp³-hybridized carbons (Fsp3) is 0.375. The van der Waals surface area contributed by atoms with E-state index < -0.39 is 41.0 Å². The lowest BCUT2D eigenvalue weighted by atomic mass is 10.0. The van der Waals surface area contributed by atoms with E-state index >= 15 is 0 Å². The Morgan fingerprint density at radius 2 is 1.61 bits per heavy atom. The molecule has 1 saturated heterocycles. The highest BCUT2D eigenvalue weighted by Gasteiger charge is 2.38. The Kier molecular flexibility index (Phi) is 7.00. The fourth-order valence-corrected chi connectivity index (χ4v) is 4.73. The topological polar surface area (TPSA) is 49.3 Å². The zero-order chi connectivity index (χ0) is 26.3. The molecule has 0 N–H and O–H groups in total. The smallest absolute Gasteiger partial charge is 0.343 e. The van der Waals surface area contributed by atoms with Gasteiger partial charge in [0.15, 0.2) is 0 Å². The maximum Gasteiger partial charge on any atom is 0.416 e. The number of halogens is 6. The summed E-state index contributed by atoms with van der Waals surface area (Å²) in [6, 6.07) is 8.49. The second-order valence-corrected chi connectivity index (χ2v) is 9.47. The van der Waals surface area contributed by atoms with Crippen molar-refractivity contribution in [1.29, 1.82) is 0 Å². The molecule has 1 aliphatic heterocycles. The number of rotatable bonds is 4. The Morgan fingerprint density at radius 1 is 1.00 bits per heavy atom. The van der Waals surface area contributed by atoms with Crippen molar-refractivity contribution in [2.24, 2.45) is 0 Å². The summed E-state index contributed by atoms with van der Waals surface area (Å²) in [6.45, 7) is 4.44. The number of piperazine rings is 1. The highest BCUT2D eigenvalue weighted by Crippen LogP contribution is 2.37. The van der Waals surface area contributed by atoms with Crippen molar-refractivity contribution < 1.29 is 31.1 Å². The van der Waals surface area contributed by atoms with Gasteiger partial charge in [-0.05, 0) is 37.6 Å². The van der Waals surface area contributed by atoms with E-state index in [0.29, 0.717) is 42.6 Å². The molecular formula is C24H22F6N4OS. The van der Waals surface area contributed by atoms with Crippen molar-refractivity contribution in [3.8, 4) is 0 Å². The molecule has 5 nitrogen and oxygen atoms in total. The first-order valence-corrected chi connectivity index (χ1v) is 11.8. The number of alkyl halides is 6. The molecule has 0 saturated carbocycles. The van der Waals surface area contributed by atoms with Gasteiger partial charge < -0.3 is 9.80 Å². The summed E-state index contributed by atoms with van der Waals surface area (Å²) in [6.07, 6.45) is -9.48. The molecule has 1 aromatic heterocycles. The predicted octanol–water partition coefficient (Wildman–Crippen LogP) is 5.83. The molecule has 1 aliphatic rings. The molecule has 3 aromatic rings. The third-order valence-corrected chi connectivity index (χ3v) is 6.75.